The Balaban J connectivity index is 2.38. The van der Waals surface area contributed by atoms with Crippen molar-refractivity contribution in [3.8, 4) is 11.8 Å². The Morgan fingerprint density at radius 3 is 2.27 bits per heavy atom. The zero-order valence-electron chi connectivity index (χ0n) is 14.6. The Labute approximate surface area is 151 Å². The number of nitrogens with zero attached hydrogens (tertiary/aromatic N) is 2. The van der Waals surface area contributed by atoms with Crippen molar-refractivity contribution >= 4 is 17.5 Å². The molecule has 0 aliphatic heterocycles. The van der Waals surface area contributed by atoms with Gasteiger partial charge in [0, 0.05) is 11.6 Å². The molecular formula is C20H17N2O4-. The van der Waals surface area contributed by atoms with Gasteiger partial charge in [-0.3, -0.25) is 14.9 Å². The van der Waals surface area contributed by atoms with E-state index in [9.17, 15) is 25.3 Å². The van der Waals surface area contributed by atoms with E-state index in [0.717, 1.165) is 17.7 Å². The maximum Gasteiger partial charge on any atom is 0.262 e. The van der Waals surface area contributed by atoms with Crippen molar-refractivity contribution in [2.24, 2.45) is 0 Å². The topological polar surface area (TPSA) is 107 Å². The molecule has 2 aromatic rings. The van der Waals surface area contributed by atoms with E-state index in [4.69, 9.17) is 0 Å². The zero-order valence-corrected chi connectivity index (χ0v) is 14.6. The fourth-order valence-corrected chi connectivity index (χ4v) is 2.36. The van der Waals surface area contributed by atoms with Crippen LogP contribution in [0.2, 0.25) is 0 Å². The minimum Gasteiger partial charge on any atom is -0.868 e. The zero-order chi connectivity index (χ0) is 19.5. The van der Waals surface area contributed by atoms with E-state index >= 15 is 0 Å². The highest BCUT2D eigenvalue weighted by atomic mass is 16.6. The Morgan fingerprint density at radius 2 is 1.77 bits per heavy atom. The largest absolute Gasteiger partial charge is 0.868 e. The van der Waals surface area contributed by atoms with Gasteiger partial charge in [0.15, 0.2) is 0 Å². The first-order valence-electron chi connectivity index (χ1n) is 7.86. The van der Waals surface area contributed by atoms with Gasteiger partial charge in [0.05, 0.1) is 4.92 Å². The van der Waals surface area contributed by atoms with Crippen molar-refractivity contribution in [1.82, 2.24) is 0 Å². The fraction of sp³-hybridized carbons (Fsp3) is 0.200. The standard InChI is InChI=1S/C20H18N2O4/c1-20(2,3)16-7-5-14(6-8-16)19(24)15(12-21)10-13-4-9-18(23)17(11-13)22(25)26/h4-11,23H,1-3H3/p-1/b15-10+. The molecule has 0 unspecified atom stereocenters. The van der Waals surface area contributed by atoms with Gasteiger partial charge in [-0.1, -0.05) is 57.2 Å². The number of allylic oxidation sites excluding steroid dienone is 1. The number of rotatable bonds is 4. The van der Waals surface area contributed by atoms with Crippen LogP contribution in [0.3, 0.4) is 0 Å². The second kappa shape index (κ2) is 7.19. The van der Waals surface area contributed by atoms with E-state index in [2.05, 4.69) is 20.8 Å². The van der Waals surface area contributed by atoms with Gasteiger partial charge in [-0.2, -0.15) is 5.26 Å². The predicted molar refractivity (Wildman–Crippen MR) is 95.6 cm³/mol. The van der Waals surface area contributed by atoms with E-state index in [0.29, 0.717) is 5.56 Å². The number of nitro benzene ring substituents is 1. The molecule has 0 aliphatic rings. The lowest BCUT2D eigenvalue weighted by atomic mass is 9.86. The number of nitriles is 1. The Bertz CT molecular complexity index is 930. The molecule has 0 radical (unpaired) electrons. The lowest BCUT2D eigenvalue weighted by molar-refractivity contribution is -0.398. The Hall–Kier alpha value is -3.46. The van der Waals surface area contributed by atoms with Crippen LogP contribution >= 0.6 is 0 Å². The first-order valence-corrected chi connectivity index (χ1v) is 7.86. The molecule has 0 aliphatic carbocycles. The molecule has 0 N–H and O–H groups in total. The summed E-state index contributed by atoms with van der Waals surface area (Å²) in [5.41, 5.74) is 0.819. The van der Waals surface area contributed by atoms with Crippen LogP contribution in [-0.2, 0) is 5.41 Å². The molecule has 2 rings (SSSR count). The summed E-state index contributed by atoms with van der Waals surface area (Å²) in [5.74, 6) is -1.21. The molecule has 0 bridgehead atoms. The normalized spacial score (nSPS) is 11.7. The molecule has 0 saturated carbocycles. The number of carbonyl (C=O) groups is 1. The quantitative estimate of drug-likeness (QED) is 0.275. The third-order valence-electron chi connectivity index (χ3n) is 3.87. The molecule has 0 aromatic heterocycles. The van der Waals surface area contributed by atoms with Crippen LogP contribution in [0.5, 0.6) is 5.75 Å². The maximum absolute atomic E-state index is 12.5. The van der Waals surface area contributed by atoms with Crippen LogP contribution in [0.4, 0.5) is 5.69 Å². The van der Waals surface area contributed by atoms with Crippen LogP contribution in [0.1, 0.15) is 42.3 Å². The summed E-state index contributed by atoms with van der Waals surface area (Å²) < 4.78 is 0. The highest BCUT2D eigenvalue weighted by Gasteiger charge is 2.17. The van der Waals surface area contributed by atoms with E-state index in [1.54, 1.807) is 12.1 Å². The van der Waals surface area contributed by atoms with Crippen LogP contribution in [0.25, 0.3) is 6.08 Å². The summed E-state index contributed by atoms with van der Waals surface area (Å²) >= 11 is 0. The molecule has 0 atom stereocenters. The van der Waals surface area contributed by atoms with Crippen molar-refractivity contribution in [2.75, 3.05) is 0 Å². The van der Waals surface area contributed by atoms with E-state index in [1.165, 1.54) is 12.1 Å². The third kappa shape index (κ3) is 4.14. The maximum atomic E-state index is 12.5. The monoisotopic (exact) mass is 349 g/mol. The van der Waals surface area contributed by atoms with Gasteiger partial charge in [-0.25, -0.2) is 0 Å². The van der Waals surface area contributed by atoms with Crippen LogP contribution in [-0.4, -0.2) is 10.7 Å². The minimum absolute atomic E-state index is 0.0610. The lowest BCUT2D eigenvalue weighted by Crippen LogP contribution is -2.11. The molecule has 6 nitrogen and oxygen atoms in total. The molecule has 0 heterocycles. The number of carbonyl (C=O) groups excluding carboxylic acids is 1. The SMILES string of the molecule is CC(C)(C)c1ccc(C(=O)/C(C#N)=C/c2ccc([O-])c([N+](=O)[O-])c2)cc1. The highest BCUT2D eigenvalue weighted by molar-refractivity contribution is 6.14. The molecule has 0 fully saturated rings. The Kier molecular flexibility index (Phi) is 5.22. The molecule has 0 spiro atoms. The molecular weight excluding hydrogens is 332 g/mol. The average molecular weight is 349 g/mol. The first-order chi connectivity index (χ1) is 12.1. The van der Waals surface area contributed by atoms with E-state index in [-0.39, 0.29) is 16.6 Å². The van der Waals surface area contributed by atoms with Crippen molar-refractivity contribution in [3.05, 3.63) is 74.8 Å². The number of hydrogen-bond donors (Lipinski definition) is 0. The number of benzene rings is 2. The van der Waals surface area contributed by atoms with Gasteiger partial charge in [-0.15, -0.1) is 0 Å². The van der Waals surface area contributed by atoms with Gasteiger partial charge in [0.25, 0.3) is 5.69 Å². The summed E-state index contributed by atoms with van der Waals surface area (Å²) in [4.78, 5) is 22.6. The number of nitro groups is 1. The molecule has 2 aromatic carbocycles. The summed E-state index contributed by atoms with van der Waals surface area (Å²) in [6, 6.07) is 12.2. The van der Waals surface area contributed by atoms with E-state index < -0.39 is 22.1 Å². The number of Topliss-reactive ketones (excluding diaryl/α,β-unsaturated/α-hetero) is 1. The number of hydrogen-bond acceptors (Lipinski definition) is 5. The molecule has 0 saturated heterocycles. The molecule has 26 heavy (non-hydrogen) atoms. The van der Waals surface area contributed by atoms with Gasteiger partial charge in [-0.05, 0) is 28.4 Å². The van der Waals surface area contributed by atoms with Crippen LogP contribution < -0.4 is 5.11 Å². The van der Waals surface area contributed by atoms with Gasteiger partial charge in [0.1, 0.15) is 11.6 Å². The van der Waals surface area contributed by atoms with Crippen molar-refractivity contribution in [3.63, 3.8) is 0 Å². The summed E-state index contributed by atoms with van der Waals surface area (Å²) in [6.07, 6.45) is 1.24. The smallest absolute Gasteiger partial charge is 0.262 e. The lowest BCUT2D eigenvalue weighted by Gasteiger charge is -2.18. The summed E-state index contributed by atoms with van der Waals surface area (Å²) in [5, 5.41) is 31.6. The molecule has 132 valence electrons. The van der Waals surface area contributed by atoms with Crippen LogP contribution in [0.15, 0.2) is 48.0 Å². The third-order valence-corrected chi connectivity index (χ3v) is 3.87. The first kappa shape index (κ1) is 18.9. The van der Waals surface area contributed by atoms with Crippen LogP contribution in [0, 0.1) is 21.4 Å². The second-order valence-electron chi connectivity index (χ2n) is 6.81. The predicted octanol–water partition coefficient (Wildman–Crippen LogP) is 3.76. The van der Waals surface area contributed by atoms with Crippen molar-refractivity contribution < 1.29 is 14.8 Å². The summed E-state index contributed by atoms with van der Waals surface area (Å²) in [6.45, 7) is 6.16. The van der Waals surface area contributed by atoms with Gasteiger partial charge in [0.2, 0.25) is 5.78 Å². The minimum atomic E-state index is -0.793. The van der Waals surface area contributed by atoms with Crippen molar-refractivity contribution in [2.45, 2.75) is 26.2 Å². The Morgan fingerprint density at radius 1 is 1.15 bits per heavy atom. The molecule has 0 amide bonds. The average Bonchev–Trinajstić information content (AvgIpc) is 2.59. The second-order valence-corrected chi connectivity index (χ2v) is 6.81. The summed E-state index contributed by atoms with van der Waals surface area (Å²) in [7, 11) is 0. The highest BCUT2D eigenvalue weighted by Crippen LogP contribution is 2.26. The fourth-order valence-electron chi connectivity index (χ4n) is 2.36. The van der Waals surface area contributed by atoms with Gasteiger partial charge < -0.3 is 5.11 Å². The number of ketones is 1. The van der Waals surface area contributed by atoms with Crippen molar-refractivity contribution in [1.29, 1.82) is 5.26 Å². The molecule has 6 heteroatoms. The van der Waals surface area contributed by atoms with E-state index in [1.807, 2.05) is 18.2 Å². The van der Waals surface area contributed by atoms with Gasteiger partial charge >= 0.3 is 0 Å².